The maximum atomic E-state index is 13.6. The van der Waals surface area contributed by atoms with Gasteiger partial charge in [0.25, 0.3) is 0 Å². The summed E-state index contributed by atoms with van der Waals surface area (Å²) in [4.78, 5) is 18.3. The molecule has 2 aromatic carbocycles. The molecule has 6 nitrogen and oxygen atoms in total. The molecule has 182 valence electrons. The average molecular weight is 497 g/mol. The van der Waals surface area contributed by atoms with E-state index in [4.69, 9.17) is 14.2 Å². The molecule has 0 bridgehead atoms. The van der Waals surface area contributed by atoms with Crippen LogP contribution in [-0.4, -0.2) is 68.8 Å². The number of carbonyl (C=O) groups excluding carboxylic acids is 1. The topological polar surface area (TPSA) is 51.2 Å². The van der Waals surface area contributed by atoms with Gasteiger partial charge in [-0.25, -0.2) is 0 Å². The Morgan fingerprint density at radius 1 is 1.00 bits per heavy atom. The minimum atomic E-state index is -0.765. The molecule has 1 saturated carbocycles. The standard InChI is InChI=1S/C25H32N2O4.2ClH/c1-4-26-14-16-27(17-15-26)23(19-8-6-5-7-9-19)31-24(28)25(18-22(25)30-3)20-10-12-21(29-2)13-11-20;;/h5-13,22-23H,4,14-18H2,1-3H3;2*1H/t22-,23?,25-;;/m1../s1. The lowest BCUT2D eigenvalue weighted by molar-refractivity contribution is -0.166. The maximum Gasteiger partial charge on any atom is 0.321 e. The molecule has 0 aromatic heterocycles. The third-order valence-electron chi connectivity index (χ3n) is 6.64. The Balaban J connectivity index is 0.00000193. The number of ether oxygens (including phenoxy) is 3. The molecule has 2 aromatic rings. The van der Waals surface area contributed by atoms with Crippen LogP contribution in [0, 0.1) is 0 Å². The summed E-state index contributed by atoms with van der Waals surface area (Å²) in [6.45, 7) is 6.90. The monoisotopic (exact) mass is 496 g/mol. The van der Waals surface area contributed by atoms with Gasteiger partial charge < -0.3 is 19.1 Å². The van der Waals surface area contributed by atoms with Crippen molar-refractivity contribution in [2.24, 2.45) is 0 Å². The van der Waals surface area contributed by atoms with Crippen molar-refractivity contribution in [3.63, 3.8) is 0 Å². The highest BCUT2D eigenvalue weighted by Crippen LogP contribution is 2.52. The van der Waals surface area contributed by atoms with Crippen molar-refractivity contribution in [3.8, 4) is 5.75 Å². The second kappa shape index (κ2) is 12.0. The smallest absolute Gasteiger partial charge is 0.321 e. The number of nitrogens with zero attached hydrogens (tertiary/aromatic N) is 2. The predicted molar refractivity (Wildman–Crippen MR) is 134 cm³/mol. The first kappa shape index (κ1) is 27.4. The van der Waals surface area contributed by atoms with Crippen LogP contribution >= 0.6 is 24.8 Å². The molecule has 1 aliphatic carbocycles. The van der Waals surface area contributed by atoms with Crippen LogP contribution in [0.2, 0.25) is 0 Å². The van der Waals surface area contributed by atoms with E-state index in [-0.39, 0.29) is 36.9 Å². The summed E-state index contributed by atoms with van der Waals surface area (Å²) >= 11 is 0. The average Bonchev–Trinajstić information content (AvgIpc) is 3.59. The molecule has 0 spiro atoms. The number of carbonyl (C=O) groups is 1. The highest BCUT2D eigenvalue weighted by atomic mass is 35.5. The molecule has 4 rings (SSSR count). The van der Waals surface area contributed by atoms with Crippen LogP contribution in [0.15, 0.2) is 54.6 Å². The molecule has 3 atom stereocenters. The van der Waals surface area contributed by atoms with Crippen LogP contribution in [0.5, 0.6) is 5.75 Å². The quantitative estimate of drug-likeness (QED) is 0.513. The van der Waals surface area contributed by atoms with E-state index in [2.05, 4.69) is 16.7 Å². The van der Waals surface area contributed by atoms with Crippen LogP contribution in [0.3, 0.4) is 0 Å². The number of halogens is 2. The van der Waals surface area contributed by atoms with Crippen molar-refractivity contribution >= 4 is 30.8 Å². The van der Waals surface area contributed by atoms with Crippen molar-refractivity contribution < 1.29 is 19.0 Å². The highest BCUT2D eigenvalue weighted by Gasteiger charge is 2.64. The lowest BCUT2D eigenvalue weighted by Gasteiger charge is -2.39. The molecule has 1 saturated heterocycles. The van der Waals surface area contributed by atoms with E-state index in [0.29, 0.717) is 6.42 Å². The van der Waals surface area contributed by atoms with Crippen LogP contribution in [0.1, 0.15) is 30.7 Å². The van der Waals surface area contributed by atoms with Gasteiger partial charge in [0, 0.05) is 38.9 Å². The van der Waals surface area contributed by atoms with Gasteiger partial charge in [-0.3, -0.25) is 9.69 Å². The summed E-state index contributed by atoms with van der Waals surface area (Å²) in [6, 6.07) is 17.7. The summed E-state index contributed by atoms with van der Waals surface area (Å²) in [6.07, 6.45) is 0.0439. The summed E-state index contributed by atoms with van der Waals surface area (Å²) < 4.78 is 17.2. The lowest BCUT2D eigenvalue weighted by Crippen LogP contribution is -2.48. The number of benzene rings is 2. The van der Waals surface area contributed by atoms with E-state index < -0.39 is 11.6 Å². The van der Waals surface area contributed by atoms with Gasteiger partial charge in [-0.05, 0) is 30.7 Å². The van der Waals surface area contributed by atoms with Gasteiger partial charge in [0.1, 0.15) is 11.2 Å². The number of likely N-dealkylation sites (N-methyl/N-ethyl adjacent to an activating group) is 1. The van der Waals surface area contributed by atoms with Crippen LogP contribution in [-0.2, 0) is 19.7 Å². The minimum Gasteiger partial charge on any atom is -0.497 e. The maximum absolute atomic E-state index is 13.6. The Morgan fingerprint density at radius 2 is 1.64 bits per heavy atom. The Labute approximate surface area is 209 Å². The summed E-state index contributed by atoms with van der Waals surface area (Å²) in [5.41, 5.74) is 1.15. The zero-order chi connectivity index (χ0) is 21.8. The molecule has 0 amide bonds. The van der Waals surface area contributed by atoms with Gasteiger partial charge in [0.2, 0.25) is 0 Å². The third-order valence-corrected chi connectivity index (χ3v) is 6.64. The zero-order valence-corrected chi connectivity index (χ0v) is 21.1. The van der Waals surface area contributed by atoms with Gasteiger partial charge in [0.05, 0.1) is 13.2 Å². The molecular formula is C25H34Cl2N2O4. The fourth-order valence-electron chi connectivity index (χ4n) is 4.53. The van der Waals surface area contributed by atoms with Crippen LogP contribution in [0.25, 0.3) is 0 Å². The first-order chi connectivity index (χ1) is 15.1. The van der Waals surface area contributed by atoms with Gasteiger partial charge in [-0.2, -0.15) is 0 Å². The Kier molecular flexibility index (Phi) is 10.0. The largest absolute Gasteiger partial charge is 0.497 e. The van der Waals surface area contributed by atoms with Crippen molar-refractivity contribution in [3.05, 3.63) is 65.7 Å². The molecule has 0 N–H and O–H groups in total. The SMILES string of the molecule is CCN1CCN(C(OC(=O)[C@@]2(c3ccc(OC)cc3)C[C@H]2OC)c2ccccc2)CC1.Cl.Cl. The third kappa shape index (κ3) is 5.64. The number of hydrogen-bond donors (Lipinski definition) is 0. The number of hydrogen-bond acceptors (Lipinski definition) is 6. The van der Waals surface area contributed by atoms with Crippen LogP contribution in [0.4, 0.5) is 0 Å². The Hall–Kier alpha value is -1.83. The molecule has 2 aliphatic rings. The summed E-state index contributed by atoms with van der Waals surface area (Å²) in [7, 11) is 3.29. The lowest BCUT2D eigenvalue weighted by atomic mass is 9.95. The van der Waals surface area contributed by atoms with E-state index in [1.807, 2.05) is 54.6 Å². The Morgan fingerprint density at radius 3 is 2.15 bits per heavy atom. The molecule has 8 heteroatoms. The molecule has 1 aliphatic heterocycles. The first-order valence-electron chi connectivity index (χ1n) is 11.0. The summed E-state index contributed by atoms with van der Waals surface area (Å²) in [5, 5.41) is 0. The van der Waals surface area contributed by atoms with Crippen molar-refractivity contribution in [2.45, 2.75) is 31.1 Å². The number of methoxy groups -OCH3 is 2. The van der Waals surface area contributed by atoms with Gasteiger partial charge in [0.15, 0.2) is 6.23 Å². The van der Waals surface area contributed by atoms with E-state index in [1.165, 1.54) is 0 Å². The minimum absolute atomic E-state index is 0. The van der Waals surface area contributed by atoms with E-state index >= 15 is 0 Å². The van der Waals surface area contributed by atoms with Gasteiger partial charge in [-0.15, -0.1) is 24.8 Å². The van der Waals surface area contributed by atoms with Gasteiger partial charge in [-0.1, -0.05) is 49.4 Å². The number of piperazine rings is 1. The molecule has 0 radical (unpaired) electrons. The van der Waals surface area contributed by atoms with Gasteiger partial charge >= 0.3 is 5.97 Å². The normalized spacial score (nSPS) is 23.5. The van der Waals surface area contributed by atoms with Crippen molar-refractivity contribution in [2.75, 3.05) is 46.9 Å². The fraction of sp³-hybridized carbons (Fsp3) is 0.480. The first-order valence-corrected chi connectivity index (χ1v) is 11.0. The number of esters is 1. The molecular weight excluding hydrogens is 463 g/mol. The molecule has 1 unspecified atom stereocenters. The highest BCUT2D eigenvalue weighted by molar-refractivity contribution is 5.88. The zero-order valence-electron chi connectivity index (χ0n) is 19.4. The van der Waals surface area contributed by atoms with Crippen molar-refractivity contribution in [1.29, 1.82) is 0 Å². The van der Waals surface area contributed by atoms with E-state index in [9.17, 15) is 4.79 Å². The van der Waals surface area contributed by atoms with E-state index in [0.717, 1.165) is 49.6 Å². The fourth-order valence-corrected chi connectivity index (χ4v) is 4.53. The van der Waals surface area contributed by atoms with Crippen LogP contribution < -0.4 is 4.74 Å². The number of rotatable bonds is 8. The van der Waals surface area contributed by atoms with Crippen molar-refractivity contribution in [1.82, 2.24) is 9.80 Å². The second-order valence-electron chi connectivity index (χ2n) is 8.27. The summed E-state index contributed by atoms with van der Waals surface area (Å²) in [5.74, 6) is 0.536. The molecule has 33 heavy (non-hydrogen) atoms. The van der Waals surface area contributed by atoms with E-state index in [1.54, 1.807) is 14.2 Å². The molecule has 2 fully saturated rings. The predicted octanol–water partition coefficient (Wildman–Crippen LogP) is 4.07. The molecule has 1 heterocycles. The second-order valence-corrected chi connectivity index (χ2v) is 8.27. The Bertz CT molecular complexity index is 876.